The summed E-state index contributed by atoms with van der Waals surface area (Å²) in [6.07, 6.45) is -2.47. The van der Waals surface area contributed by atoms with Gasteiger partial charge in [-0.3, -0.25) is 4.79 Å². The normalized spacial score (nSPS) is 17.0. The van der Waals surface area contributed by atoms with Crippen LogP contribution < -0.4 is 5.32 Å². The third-order valence-corrected chi connectivity index (χ3v) is 4.62. The molecule has 1 aliphatic rings. The quantitative estimate of drug-likeness (QED) is 0.819. The number of nitrogens with zero attached hydrogens (tertiary/aromatic N) is 1. The van der Waals surface area contributed by atoms with Gasteiger partial charge < -0.3 is 15.3 Å². The van der Waals surface area contributed by atoms with Gasteiger partial charge in [-0.1, -0.05) is 25.5 Å². The number of carbonyl (C=O) groups excluding carboxylic acids is 1. The molecule has 0 bridgehead atoms. The lowest BCUT2D eigenvalue weighted by Gasteiger charge is -2.32. The minimum absolute atomic E-state index is 0.324. The van der Waals surface area contributed by atoms with Crippen molar-refractivity contribution >= 4 is 12.0 Å². The van der Waals surface area contributed by atoms with Gasteiger partial charge in [-0.2, -0.15) is 13.2 Å². The van der Waals surface area contributed by atoms with Gasteiger partial charge in [-0.05, 0) is 37.0 Å². The van der Waals surface area contributed by atoms with E-state index in [1.807, 2.05) is 6.92 Å². The number of piperidine rings is 1. The minimum atomic E-state index is -4.44. The van der Waals surface area contributed by atoms with Gasteiger partial charge >= 0.3 is 18.2 Å². The van der Waals surface area contributed by atoms with E-state index in [2.05, 4.69) is 5.32 Å². The van der Waals surface area contributed by atoms with Gasteiger partial charge in [0.25, 0.3) is 0 Å². The molecule has 1 saturated heterocycles. The van der Waals surface area contributed by atoms with Crippen molar-refractivity contribution in [3.05, 3.63) is 35.4 Å². The van der Waals surface area contributed by atoms with Crippen molar-refractivity contribution in [3.8, 4) is 0 Å². The zero-order valence-corrected chi connectivity index (χ0v) is 14.6. The number of halogens is 3. The van der Waals surface area contributed by atoms with E-state index in [1.54, 1.807) is 6.07 Å². The van der Waals surface area contributed by atoms with Crippen molar-refractivity contribution in [2.45, 2.75) is 44.8 Å². The standard InChI is InChI=1S/C18H23F3N2O3/c1-2-4-15(13-5-3-6-14(11-13)18(19,20)21)22-17(26)23-9-7-12(8-10-23)16(24)25/h3,5-6,11-12,15H,2,4,7-10H2,1H3,(H,22,26)(H,24,25). The summed E-state index contributed by atoms with van der Waals surface area (Å²) in [6.45, 7) is 2.54. The van der Waals surface area contributed by atoms with Crippen LogP contribution >= 0.6 is 0 Å². The SMILES string of the molecule is CCCC(NC(=O)N1CCC(C(=O)O)CC1)c1cccc(C(F)(F)F)c1. The molecule has 2 amide bonds. The first-order valence-corrected chi connectivity index (χ1v) is 8.67. The van der Waals surface area contributed by atoms with Crippen LogP contribution in [0.3, 0.4) is 0 Å². The molecule has 1 aromatic rings. The molecule has 1 aliphatic heterocycles. The van der Waals surface area contributed by atoms with Gasteiger partial charge in [0.2, 0.25) is 0 Å². The molecule has 5 nitrogen and oxygen atoms in total. The zero-order chi connectivity index (χ0) is 19.3. The number of urea groups is 1. The lowest BCUT2D eigenvalue weighted by Crippen LogP contribution is -2.46. The second-order valence-corrected chi connectivity index (χ2v) is 6.51. The van der Waals surface area contributed by atoms with E-state index < -0.39 is 29.7 Å². The maximum Gasteiger partial charge on any atom is 0.416 e. The fourth-order valence-electron chi connectivity index (χ4n) is 3.11. The maximum absolute atomic E-state index is 12.9. The Labute approximate surface area is 150 Å². The van der Waals surface area contributed by atoms with Gasteiger partial charge in [0.15, 0.2) is 0 Å². The highest BCUT2D eigenvalue weighted by Crippen LogP contribution is 2.31. The minimum Gasteiger partial charge on any atom is -0.481 e. The van der Waals surface area contributed by atoms with E-state index in [1.165, 1.54) is 11.0 Å². The lowest BCUT2D eigenvalue weighted by molar-refractivity contribution is -0.143. The maximum atomic E-state index is 12.9. The van der Waals surface area contributed by atoms with Crippen molar-refractivity contribution in [1.29, 1.82) is 0 Å². The number of amides is 2. The van der Waals surface area contributed by atoms with Crippen LogP contribution in [0.4, 0.5) is 18.0 Å². The fraction of sp³-hybridized carbons (Fsp3) is 0.556. The highest BCUT2D eigenvalue weighted by Gasteiger charge is 2.32. The van der Waals surface area contributed by atoms with Gasteiger partial charge in [-0.15, -0.1) is 0 Å². The van der Waals surface area contributed by atoms with Gasteiger partial charge in [0, 0.05) is 13.1 Å². The zero-order valence-electron chi connectivity index (χ0n) is 14.6. The highest BCUT2D eigenvalue weighted by atomic mass is 19.4. The van der Waals surface area contributed by atoms with E-state index in [-0.39, 0.29) is 6.03 Å². The molecule has 0 saturated carbocycles. The van der Waals surface area contributed by atoms with Crippen LogP contribution in [-0.2, 0) is 11.0 Å². The molecule has 8 heteroatoms. The van der Waals surface area contributed by atoms with E-state index in [9.17, 15) is 22.8 Å². The predicted molar refractivity (Wildman–Crippen MR) is 89.6 cm³/mol. The first-order valence-electron chi connectivity index (χ1n) is 8.67. The Morgan fingerprint density at radius 1 is 1.31 bits per heavy atom. The van der Waals surface area contributed by atoms with Crippen molar-refractivity contribution in [3.63, 3.8) is 0 Å². The molecule has 26 heavy (non-hydrogen) atoms. The number of rotatable bonds is 5. The summed E-state index contributed by atoms with van der Waals surface area (Å²) in [5.74, 6) is -1.31. The number of aliphatic carboxylic acids is 1. The van der Waals surface area contributed by atoms with E-state index in [0.717, 1.165) is 12.1 Å². The van der Waals surface area contributed by atoms with Crippen LogP contribution in [0.2, 0.25) is 0 Å². The summed E-state index contributed by atoms with van der Waals surface area (Å²) < 4.78 is 38.8. The number of carboxylic acid groups (broad SMARTS) is 1. The number of hydrogen-bond donors (Lipinski definition) is 2. The smallest absolute Gasteiger partial charge is 0.416 e. The Morgan fingerprint density at radius 3 is 2.50 bits per heavy atom. The Bertz CT molecular complexity index is 641. The number of carboxylic acids is 1. The summed E-state index contributed by atoms with van der Waals surface area (Å²) in [5.41, 5.74) is -0.330. The second kappa shape index (κ2) is 8.42. The average molecular weight is 372 g/mol. The van der Waals surface area contributed by atoms with Crippen LogP contribution in [-0.4, -0.2) is 35.1 Å². The molecule has 144 valence electrons. The number of carbonyl (C=O) groups is 2. The summed E-state index contributed by atoms with van der Waals surface area (Å²) in [7, 11) is 0. The van der Waals surface area contributed by atoms with E-state index >= 15 is 0 Å². The Hall–Kier alpha value is -2.25. The van der Waals surface area contributed by atoms with Crippen molar-refractivity contribution < 1.29 is 27.9 Å². The molecule has 1 fully saturated rings. The van der Waals surface area contributed by atoms with Crippen LogP contribution in [0.25, 0.3) is 0 Å². The summed E-state index contributed by atoms with van der Waals surface area (Å²) in [5, 5.41) is 11.8. The summed E-state index contributed by atoms with van der Waals surface area (Å²) >= 11 is 0. The fourth-order valence-corrected chi connectivity index (χ4v) is 3.11. The Balaban J connectivity index is 2.06. The number of nitrogens with one attached hydrogen (secondary N) is 1. The van der Waals surface area contributed by atoms with Crippen LogP contribution in [0, 0.1) is 5.92 Å². The number of hydrogen-bond acceptors (Lipinski definition) is 2. The molecule has 0 aliphatic carbocycles. The third-order valence-electron chi connectivity index (χ3n) is 4.62. The molecular formula is C18H23F3N2O3. The molecule has 0 spiro atoms. The first kappa shape index (κ1) is 20.1. The molecule has 0 aromatic heterocycles. The van der Waals surface area contributed by atoms with Gasteiger partial charge in [-0.25, -0.2) is 4.79 Å². The Morgan fingerprint density at radius 2 is 1.96 bits per heavy atom. The molecule has 1 unspecified atom stereocenters. The summed E-state index contributed by atoms with van der Waals surface area (Å²) in [6, 6.07) is 4.09. The second-order valence-electron chi connectivity index (χ2n) is 6.51. The van der Waals surface area contributed by atoms with Crippen LogP contribution in [0.5, 0.6) is 0 Å². The largest absolute Gasteiger partial charge is 0.481 e. The first-order chi connectivity index (χ1) is 12.2. The monoisotopic (exact) mass is 372 g/mol. The van der Waals surface area contributed by atoms with E-state index in [4.69, 9.17) is 5.11 Å². The summed E-state index contributed by atoms with van der Waals surface area (Å²) in [4.78, 5) is 25.0. The topological polar surface area (TPSA) is 69.6 Å². The van der Waals surface area contributed by atoms with Crippen LogP contribution in [0.1, 0.15) is 49.8 Å². The molecule has 0 radical (unpaired) electrons. The van der Waals surface area contributed by atoms with Crippen molar-refractivity contribution in [1.82, 2.24) is 10.2 Å². The number of alkyl halides is 3. The molecular weight excluding hydrogens is 349 g/mol. The van der Waals surface area contributed by atoms with Crippen LogP contribution in [0.15, 0.2) is 24.3 Å². The van der Waals surface area contributed by atoms with E-state index in [0.29, 0.717) is 44.3 Å². The lowest BCUT2D eigenvalue weighted by atomic mass is 9.97. The van der Waals surface area contributed by atoms with Crippen molar-refractivity contribution in [2.24, 2.45) is 5.92 Å². The number of benzene rings is 1. The predicted octanol–water partition coefficient (Wildman–Crippen LogP) is 4.05. The third kappa shape index (κ3) is 5.12. The molecule has 2 rings (SSSR count). The Kier molecular flexibility index (Phi) is 6.50. The highest BCUT2D eigenvalue weighted by molar-refractivity contribution is 5.76. The molecule has 1 heterocycles. The average Bonchev–Trinajstić information content (AvgIpc) is 2.60. The molecule has 1 atom stereocenters. The number of likely N-dealkylation sites (tertiary alicyclic amines) is 1. The molecule has 2 N–H and O–H groups in total. The van der Waals surface area contributed by atoms with Crippen molar-refractivity contribution in [2.75, 3.05) is 13.1 Å². The van der Waals surface area contributed by atoms with Gasteiger partial charge in [0.1, 0.15) is 0 Å². The molecule has 1 aromatic carbocycles. The van der Waals surface area contributed by atoms with Gasteiger partial charge in [0.05, 0.1) is 17.5 Å².